The van der Waals surface area contributed by atoms with E-state index in [-0.39, 0.29) is 11.4 Å². The molecule has 6 nitrogen and oxygen atoms in total. The molecule has 0 atom stereocenters. The zero-order valence-electron chi connectivity index (χ0n) is 15.9. The molecule has 0 bridgehead atoms. The second kappa shape index (κ2) is 7.03. The first-order valence-corrected chi connectivity index (χ1v) is 9.67. The number of nitrogens with zero attached hydrogens (tertiary/aromatic N) is 4. The van der Waals surface area contributed by atoms with Gasteiger partial charge >= 0.3 is 0 Å². The number of carbonyl (C=O) groups excluding carboxylic acids is 1. The Labute approximate surface area is 158 Å². The average Bonchev–Trinajstić information content (AvgIpc) is 3.14. The molecule has 0 aliphatic carbocycles. The first kappa shape index (κ1) is 18.1. The van der Waals surface area contributed by atoms with E-state index in [0.29, 0.717) is 24.6 Å². The van der Waals surface area contributed by atoms with Crippen molar-refractivity contribution >= 4 is 5.91 Å². The van der Waals surface area contributed by atoms with Crippen LogP contribution in [0, 0.1) is 11.7 Å². The lowest BCUT2D eigenvalue weighted by Gasteiger charge is -2.51. The molecular formula is C20H26FN5O. The molecule has 0 saturated carbocycles. The van der Waals surface area contributed by atoms with Crippen LogP contribution < -0.4 is 0 Å². The number of aromatic amines is 1. The van der Waals surface area contributed by atoms with Crippen molar-refractivity contribution in [1.82, 2.24) is 24.8 Å². The highest BCUT2D eigenvalue weighted by molar-refractivity contribution is 5.94. The van der Waals surface area contributed by atoms with E-state index in [1.54, 1.807) is 6.33 Å². The zero-order valence-corrected chi connectivity index (χ0v) is 15.9. The highest BCUT2D eigenvalue weighted by Gasteiger charge is 2.47. The van der Waals surface area contributed by atoms with Gasteiger partial charge in [0.25, 0.3) is 5.91 Å². The lowest BCUT2D eigenvalue weighted by molar-refractivity contribution is 0.000596. The van der Waals surface area contributed by atoms with Gasteiger partial charge in [0.1, 0.15) is 5.82 Å². The zero-order chi connectivity index (χ0) is 19.0. The number of nitrogens with one attached hydrogen (secondary N) is 1. The maximum absolute atomic E-state index is 13.4. The van der Waals surface area contributed by atoms with Crippen LogP contribution in [0.1, 0.15) is 48.4 Å². The van der Waals surface area contributed by atoms with Gasteiger partial charge in [0.2, 0.25) is 0 Å². The quantitative estimate of drug-likeness (QED) is 0.901. The summed E-state index contributed by atoms with van der Waals surface area (Å²) in [5, 5.41) is 0. The van der Waals surface area contributed by atoms with Crippen molar-refractivity contribution in [3.8, 4) is 0 Å². The monoisotopic (exact) mass is 371 g/mol. The molecule has 4 heterocycles. The number of hydrogen-bond donors (Lipinski definition) is 1. The predicted octanol–water partition coefficient (Wildman–Crippen LogP) is 2.59. The molecule has 2 aliphatic rings. The number of amides is 1. The van der Waals surface area contributed by atoms with E-state index in [4.69, 9.17) is 0 Å². The van der Waals surface area contributed by atoms with Crippen LogP contribution in [-0.2, 0) is 12.0 Å². The minimum atomic E-state index is -0.481. The minimum absolute atomic E-state index is 0.116. The second-order valence-corrected chi connectivity index (χ2v) is 8.04. The van der Waals surface area contributed by atoms with Crippen molar-refractivity contribution in [3.05, 3.63) is 47.6 Å². The van der Waals surface area contributed by atoms with Gasteiger partial charge in [0, 0.05) is 44.5 Å². The van der Waals surface area contributed by atoms with E-state index in [9.17, 15) is 9.18 Å². The smallest absolute Gasteiger partial charge is 0.255 e. The van der Waals surface area contributed by atoms with Crippen molar-refractivity contribution in [2.45, 2.75) is 38.6 Å². The summed E-state index contributed by atoms with van der Waals surface area (Å²) in [6.07, 6.45) is 7.01. The topological polar surface area (TPSA) is 65.1 Å². The number of carbonyl (C=O) groups is 1. The van der Waals surface area contributed by atoms with Crippen LogP contribution >= 0.6 is 0 Å². The maximum atomic E-state index is 13.4. The summed E-state index contributed by atoms with van der Waals surface area (Å²) in [6.45, 7) is 7.78. The van der Waals surface area contributed by atoms with Gasteiger partial charge in [-0.3, -0.25) is 14.7 Å². The molecule has 1 amide bonds. The summed E-state index contributed by atoms with van der Waals surface area (Å²) < 4.78 is 13.4. The number of likely N-dealkylation sites (tertiary alicyclic amines) is 1. The van der Waals surface area contributed by atoms with Gasteiger partial charge in [0.05, 0.1) is 29.3 Å². The SMILES string of the molecule is CC(C)CN1CCc2[nH]cnc2C12CCN(C(=O)c1cncc(F)c1)CC2. The Balaban J connectivity index is 1.56. The molecule has 2 aromatic heterocycles. The molecule has 2 aliphatic heterocycles. The van der Waals surface area contributed by atoms with Crippen LogP contribution in [0.4, 0.5) is 4.39 Å². The third-order valence-corrected chi connectivity index (χ3v) is 5.81. The second-order valence-electron chi connectivity index (χ2n) is 8.04. The Kier molecular flexibility index (Phi) is 4.72. The third kappa shape index (κ3) is 3.25. The fourth-order valence-electron chi connectivity index (χ4n) is 4.57. The van der Waals surface area contributed by atoms with Crippen LogP contribution in [0.5, 0.6) is 0 Å². The predicted molar refractivity (Wildman–Crippen MR) is 99.7 cm³/mol. The van der Waals surface area contributed by atoms with Gasteiger partial charge in [-0.25, -0.2) is 9.37 Å². The number of rotatable bonds is 3. The molecule has 27 heavy (non-hydrogen) atoms. The highest BCUT2D eigenvalue weighted by atomic mass is 19.1. The molecule has 0 aromatic carbocycles. The molecule has 7 heteroatoms. The van der Waals surface area contributed by atoms with Crippen LogP contribution in [0.25, 0.3) is 0 Å². The van der Waals surface area contributed by atoms with Crippen LogP contribution in [0.15, 0.2) is 24.8 Å². The minimum Gasteiger partial charge on any atom is -0.348 e. The van der Waals surface area contributed by atoms with E-state index in [0.717, 1.165) is 44.2 Å². The molecular weight excluding hydrogens is 345 g/mol. The molecule has 144 valence electrons. The third-order valence-electron chi connectivity index (χ3n) is 5.81. The van der Waals surface area contributed by atoms with E-state index >= 15 is 0 Å². The summed E-state index contributed by atoms with van der Waals surface area (Å²) in [5.41, 5.74) is 2.57. The normalized spacial score (nSPS) is 19.5. The van der Waals surface area contributed by atoms with Crippen LogP contribution in [0.2, 0.25) is 0 Å². The Morgan fingerprint density at radius 2 is 2.07 bits per heavy atom. The van der Waals surface area contributed by atoms with Gasteiger partial charge in [-0.2, -0.15) is 0 Å². The molecule has 2 aromatic rings. The highest BCUT2D eigenvalue weighted by Crippen LogP contribution is 2.42. The Morgan fingerprint density at radius 3 is 2.78 bits per heavy atom. The molecule has 1 saturated heterocycles. The van der Waals surface area contributed by atoms with Gasteiger partial charge in [-0.15, -0.1) is 0 Å². The molecule has 1 N–H and O–H groups in total. The number of fused-ring (bicyclic) bond motifs is 2. The lowest BCUT2D eigenvalue weighted by Crippen LogP contribution is -2.57. The fourth-order valence-corrected chi connectivity index (χ4v) is 4.57. The molecule has 1 fully saturated rings. The first-order valence-electron chi connectivity index (χ1n) is 9.67. The van der Waals surface area contributed by atoms with E-state index < -0.39 is 5.82 Å². The molecule has 0 unspecified atom stereocenters. The number of aromatic nitrogens is 3. The van der Waals surface area contributed by atoms with Crippen molar-refractivity contribution < 1.29 is 9.18 Å². The largest absolute Gasteiger partial charge is 0.348 e. The van der Waals surface area contributed by atoms with Crippen LogP contribution in [-0.4, -0.2) is 56.8 Å². The van der Waals surface area contributed by atoms with E-state index in [1.165, 1.54) is 18.0 Å². The summed E-state index contributed by atoms with van der Waals surface area (Å²) in [4.78, 5) is 28.9. The lowest BCUT2D eigenvalue weighted by atomic mass is 9.78. The number of H-pyrrole nitrogens is 1. The first-order chi connectivity index (χ1) is 13.0. The number of halogens is 1. The van der Waals surface area contributed by atoms with Gasteiger partial charge in [-0.05, 0) is 24.8 Å². The van der Waals surface area contributed by atoms with Crippen molar-refractivity contribution in [2.24, 2.45) is 5.92 Å². The van der Waals surface area contributed by atoms with Crippen molar-refractivity contribution in [1.29, 1.82) is 0 Å². The summed E-state index contributed by atoms with van der Waals surface area (Å²) in [5.74, 6) is -0.0587. The molecule has 0 radical (unpaired) electrons. The number of piperidine rings is 1. The average molecular weight is 371 g/mol. The fraction of sp³-hybridized carbons (Fsp3) is 0.550. The Morgan fingerprint density at radius 1 is 1.30 bits per heavy atom. The Bertz CT molecular complexity index is 825. The maximum Gasteiger partial charge on any atom is 0.255 e. The van der Waals surface area contributed by atoms with Gasteiger partial charge < -0.3 is 9.88 Å². The summed E-state index contributed by atoms with van der Waals surface area (Å²) in [7, 11) is 0. The van der Waals surface area contributed by atoms with Crippen molar-refractivity contribution in [3.63, 3.8) is 0 Å². The summed E-state index contributed by atoms with van der Waals surface area (Å²) >= 11 is 0. The van der Waals surface area contributed by atoms with Gasteiger partial charge in [-0.1, -0.05) is 13.8 Å². The number of pyridine rings is 1. The number of hydrogen-bond acceptors (Lipinski definition) is 4. The van der Waals surface area contributed by atoms with E-state index in [1.807, 2.05) is 4.90 Å². The van der Waals surface area contributed by atoms with Crippen molar-refractivity contribution in [2.75, 3.05) is 26.2 Å². The number of imidazole rings is 1. The Hall–Kier alpha value is -2.28. The summed E-state index contributed by atoms with van der Waals surface area (Å²) in [6, 6.07) is 1.26. The standard InChI is InChI=1S/C20H26FN5O/c1-14(2)12-26-6-3-17-18(24-13-23-17)20(26)4-7-25(8-5-20)19(27)15-9-16(21)11-22-10-15/h9-11,13-14H,3-8,12H2,1-2H3,(H,23,24). The van der Waals surface area contributed by atoms with Gasteiger partial charge in [0.15, 0.2) is 0 Å². The van der Waals surface area contributed by atoms with E-state index in [2.05, 4.69) is 33.7 Å². The molecule has 4 rings (SSSR count). The molecule has 1 spiro atoms. The van der Waals surface area contributed by atoms with Crippen LogP contribution in [0.3, 0.4) is 0 Å².